The normalized spacial score (nSPS) is 20.8. The summed E-state index contributed by atoms with van der Waals surface area (Å²) in [7, 11) is 2.18. The lowest BCUT2D eigenvalue weighted by atomic mass is 10.0. The lowest BCUT2D eigenvalue weighted by Crippen LogP contribution is -2.30. The van der Waals surface area contributed by atoms with E-state index in [1.807, 2.05) is 13.1 Å². The van der Waals surface area contributed by atoms with Crippen LogP contribution in [0, 0.1) is 12.8 Å². The van der Waals surface area contributed by atoms with Crippen molar-refractivity contribution in [2.24, 2.45) is 5.92 Å². The third-order valence-corrected chi connectivity index (χ3v) is 3.24. The summed E-state index contributed by atoms with van der Waals surface area (Å²) in [4.78, 5) is 6.61. The molecule has 2 rings (SSSR count). The number of aryl methyl sites for hydroxylation is 1. The second-order valence-electron chi connectivity index (χ2n) is 5.09. The van der Waals surface area contributed by atoms with Crippen molar-refractivity contribution >= 4 is 0 Å². The summed E-state index contributed by atoms with van der Waals surface area (Å²) in [6, 6.07) is 4.26. The lowest BCUT2D eigenvalue weighted by Gasteiger charge is -2.27. The van der Waals surface area contributed by atoms with Gasteiger partial charge < -0.3 is 9.64 Å². The van der Waals surface area contributed by atoms with Crippen LogP contribution in [0.1, 0.15) is 24.1 Å². The van der Waals surface area contributed by atoms with Crippen LogP contribution in [-0.2, 0) is 11.3 Å². The maximum Gasteiger partial charge on any atom is 0.0506 e. The SMILES string of the molecule is Cc1cc(CN(C)C[C@@H]2CCCOC2)ccn1. The van der Waals surface area contributed by atoms with Crippen molar-refractivity contribution in [1.82, 2.24) is 9.88 Å². The van der Waals surface area contributed by atoms with Crippen molar-refractivity contribution in [3.05, 3.63) is 29.6 Å². The molecule has 0 unspecified atom stereocenters. The van der Waals surface area contributed by atoms with Crippen LogP contribution in [0.5, 0.6) is 0 Å². The zero-order valence-electron chi connectivity index (χ0n) is 10.9. The first-order valence-corrected chi connectivity index (χ1v) is 6.42. The van der Waals surface area contributed by atoms with E-state index in [0.29, 0.717) is 5.92 Å². The zero-order valence-corrected chi connectivity index (χ0v) is 10.9. The second-order valence-corrected chi connectivity index (χ2v) is 5.09. The predicted octanol–water partition coefficient (Wildman–Crippen LogP) is 2.25. The quantitative estimate of drug-likeness (QED) is 0.799. The Bertz CT molecular complexity index is 348. The molecule has 0 aliphatic carbocycles. The number of hydrogen-bond donors (Lipinski definition) is 0. The molecule has 1 aliphatic rings. The lowest BCUT2D eigenvalue weighted by molar-refractivity contribution is 0.0411. The summed E-state index contributed by atoms with van der Waals surface area (Å²) >= 11 is 0. The van der Waals surface area contributed by atoms with Crippen LogP contribution in [0.15, 0.2) is 18.3 Å². The Hall–Kier alpha value is -0.930. The van der Waals surface area contributed by atoms with Crippen molar-refractivity contribution in [2.45, 2.75) is 26.3 Å². The zero-order chi connectivity index (χ0) is 12.1. The van der Waals surface area contributed by atoms with Crippen LogP contribution >= 0.6 is 0 Å². The molecule has 0 N–H and O–H groups in total. The number of nitrogens with zero attached hydrogens (tertiary/aromatic N) is 2. The molecule has 0 bridgehead atoms. The van der Waals surface area contributed by atoms with E-state index in [1.165, 1.54) is 18.4 Å². The molecule has 1 fully saturated rings. The number of hydrogen-bond acceptors (Lipinski definition) is 3. The molecule has 1 aliphatic heterocycles. The van der Waals surface area contributed by atoms with Gasteiger partial charge in [0, 0.05) is 31.6 Å². The Morgan fingerprint density at radius 1 is 1.53 bits per heavy atom. The molecule has 3 nitrogen and oxygen atoms in total. The maximum atomic E-state index is 5.52. The highest BCUT2D eigenvalue weighted by Crippen LogP contribution is 2.15. The molecule has 1 aromatic heterocycles. The van der Waals surface area contributed by atoms with Crippen molar-refractivity contribution in [3.8, 4) is 0 Å². The van der Waals surface area contributed by atoms with E-state index in [4.69, 9.17) is 4.74 Å². The predicted molar refractivity (Wildman–Crippen MR) is 68.9 cm³/mol. The van der Waals surface area contributed by atoms with E-state index in [9.17, 15) is 0 Å². The fraction of sp³-hybridized carbons (Fsp3) is 0.643. The van der Waals surface area contributed by atoms with Crippen LogP contribution in [0.2, 0.25) is 0 Å². The van der Waals surface area contributed by atoms with E-state index in [1.54, 1.807) is 0 Å². The third kappa shape index (κ3) is 4.10. The van der Waals surface area contributed by atoms with Gasteiger partial charge in [0.1, 0.15) is 0 Å². The highest BCUT2D eigenvalue weighted by atomic mass is 16.5. The molecule has 0 amide bonds. The Morgan fingerprint density at radius 2 is 2.41 bits per heavy atom. The van der Waals surface area contributed by atoms with Gasteiger partial charge in [0.2, 0.25) is 0 Å². The third-order valence-electron chi connectivity index (χ3n) is 3.24. The van der Waals surface area contributed by atoms with Gasteiger partial charge in [0.15, 0.2) is 0 Å². The van der Waals surface area contributed by atoms with Gasteiger partial charge in [-0.15, -0.1) is 0 Å². The second kappa shape index (κ2) is 6.12. The minimum absolute atomic E-state index is 0.705. The minimum Gasteiger partial charge on any atom is -0.381 e. The first-order valence-electron chi connectivity index (χ1n) is 6.42. The molecule has 0 spiro atoms. The van der Waals surface area contributed by atoms with Gasteiger partial charge in [-0.3, -0.25) is 4.98 Å². The number of pyridine rings is 1. The summed E-state index contributed by atoms with van der Waals surface area (Å²) < 4.78 is 5.52. The topological polar surface area (TPSA) is 25.4 Å². The van der Waals surface area contributed by atoms with Gasteiger partial charge in [0.05, 0.1) is 6.61 Å². The fourth-order valence-electron chi connectivity index (χ4n) is 2.47. The summed E-state index contributed by atoms with van der Waals surface area (Å²) in [6.45, 7) is 6.04. The highest BCUT2D eigenvalue weighted by Gasteiger charge is 2.15. The Labute approximate surface area is 104 Å². The molecule has 2 heterocycles. The molecule has 1 aromatic rings. The fourth-order valence-corrected chi connectivity index (χ4v) is 2.47. The van der Waals surface area contributed by atoms with Crippen molar-refractivity contribution in [1.29, 1.82) is 0 Å². The monoisotopic (exact) mass is 234 g/mol. The molecule has 94 valence electrons. The minimum atomic E-state index is 0.705. The van der Waals surface area contributed by atoms with Crippen LogP contribution in [0.25, 0.3) is 0 Å². The Kier molecular flexibility index (Phi) is 4.51. The van der Waals surface area contributed by atoms with Crippen molar-refractivity contribution in [3.63, 3.8) is 0 Å². The van der Waals surface area contributed by atoms with Crippen LogP contribution in [0.3, 0.4) is 0 Å². The number of aromatic nitrogens is 1. The molecule has 0 aromatic carbocycles. The van der Waals surface area contributed by atoms with Crippen LogP contribution < -0.4 is 0 Å². The molecular formula is C14H22N2O. The Morgan fingerprint density at radius 3 is 3.12 bits per heavy atom. The first-order chi connectivity index (χ1) is 8.24. The molecule has 0 saturated carbocycles. The smallest absolute Gasteiger partial charge is 0.0506 e. The van der Waals surface area contributed by atoms with Crippen LogP contribution in [0.4, 0.5) is 0 Å². The van der Waals surface area contributed by atoms with Crippen molar-refractivity contribution in [2.75, 3.05) is 26.8 Å². The molecule has 1 saturated heterocycles. The van der Waals surface area contributed by atoms with E-state index < -0.39 is 0 Å². The van der Waals surface area contributed by atoms with Crippen molar-refractivity contribution < 1.29 is 4.74 Å². The standard InChI is InChI=1S/C14H22N2O/c1-12-8-13(5-6-15-12)9-16(2)10-14-4-3-7-17-11-14/h5-6,8,14H,3-4,7,9-11H2,1-2H3/t14-/m0/s1. The van der Waals surface area contributed by atoms with Gasteiger partial charge in [-0.05, 0) is 50.4 Å². The van der Waals surface area contributed by atoms with Gasteiger partial charge in [0.25, 0.3) is 0 Å². The average molecular weight is 234 g/mol. The summed E-state index contributed by atoms with van der Waals surface area (Å²) in [5.41, 5.74) is 2.44. The largest absolute Gasteiger partial charge is 0.381 e. The number of rotatable bonds is 4. The summed E-state index contributed by atoms with van der Waals surface area (Å²) in [5.74, 6) is 0.705. The Balaban J connectivity index is 1.82. The molecular weight excluding hydrogens is 212 g/mol. The highest BCUT2D eigenvalue weighted by molar-refractivity contribution is 5.15. The van der Waals surface area contributed by atoms with Gasteiger partial charge in [-0.1, -0.05) is 0 Å². The number of ether oxygens (including phenoxy) is 1. The van der Waals surface area contributed by atoms with E-state index >= 15 is 0 Å². The molecule has 0 radical (unpaired) electrons. The summed E-state index contributed by atoms with van der Waals surface area (Å²) in [5, 5.41) is 0. The van der Waals surface area contributed by atoms with E-state index in [-0.39, 0.29) is 0 Å². The van der Waals surface area contributed by atoms with Gasteiger partial charge in [-0.2, -0.15) is 0 Å². The van der Waals surface area contributed by atoms with E-state index in [2.05, 4.69) is 29.1 Å². The van der Waals surface area contributed by atoms with Crippen LogP contribution in [-0.4, -0.2) is 36.7 Å². The molecule has 1 atom stereocenters. The first kappa shape index (κ1) is 12.5. The maximum absolute atomic E-state index is 5.52. The van der Waals surface area contributed by atoms with Gasteiger partial charge >= 0.3 is 0 Å². The summed E-state index contributed by atoms with van der Waals surface area (Å²) in [6.07, 6.45) is 4.41. The average Bonchev–Trinajstić information content (AvgIpc) is 2.30. The van der Waals surface area contributed by atoms with E-state index in [0.717, 1.165) is 32.0 Å². The van der Waals surface area contributed by atoms with Gasteiger partial charge in [-0.25, -0.2) is 0 Å². The molecule has 3 heteroatoms. The molecule has 17 heavy (non-hydrogen) atoms.